The summed E-state index contributed by atoms with van der Waals surface area (Å²) < 4.78 is 0. The van der Waals surface area contributed by atoms with Gasteiger partial charge in [0.15, 0.2) is 5.82 Å². The zero-order valence-corrected chi connectivity index (χ0v) is 7.04. The van der Waals surface area contributed by atoms with Crippen molar-refractivity contribution in [2.45, 2.75) is 0 Å². The summed E-state index contributed by atoms with van der Waals surface area (Å²) in [6.07, 6.45) is 1.59. The van der Waals surface area contributed by atoms with Gasteiger partial charge in [0.25, 0.3) is 0 Å². The molecule has 0 unspecified atom stereocenters. The van der Waals surface area contributed by atoms with Gasteiger partial charge >= 0.3 is 6.03 Å². The van der Waals surface area contributed by atoms with E-state index in [-0.39, 0.29) is 24.8 Å². The fraction of sp³-hybridized carbons (Fsp3) is 0. The Kier molecular flexibility index (Phi) is 6.72. The van der Waals surface area contributed by atoms with Crippen molar-refractivity contribution < 1.29 is 4.79 Å². The summed E-state index contributed by atoms with van der Waals surface area (Å²) in [7, 11) is 0. The van der Waals surface area contributed by atoms with Gasteiger partial charge in [0.1, 0.15) is 0 Å². The first kappa shape index (κ1) is 12.7. The molecule has 0 aromatic carbocycles. The number of aromatic amines is 1. The Hall–Kier alpha value is -0.940. The molecule has 0 spiro atoms. The second-order valence-corrected chi connectivity index (χ2v) is 1.45. The molecule has 1 rings (SSSR count). The number of H-pyrrole nitrogens is 1. The highest BCUT2D eigenvalue weighted by molar-refractivity contribution is 5.86. The van der Waals surface area contributed by atoms with Crippen LogP contribution in [-0.2, 0) is 0 Å². The molecule has 0 aliphatic carbocycles. The average molecular weight is 199 g/mol. The molecule has 0 aliphatic heterocycles. The van der Waals surface area contributed by atoms with Crippen LogP contribution in [0.15, 0.2) is 12.3 Å². The number of aromatic nitrogens is 2. The van der Waals surface area contributed by atoms with Crippen molar-refractivity contribution in [3.8, 4) is 0 Å². The summed E-state index contributed by atoms with van der Waals surface area (Å²) in [5.74, 6) is 0.433. The van der Waals surface area contributed by atoms with Gasteiger partial charge in [-0.1, -0.05) is 0 Å². The fourth-order valence-corrected chi connectivity index (χ4v) is 0.456. The van der Waals surface area contributed by atoms with Gasteiger partial charge in [0, 0.05) is 12.3 Å². The highest BCUT2D eigenvalue weighted by Gasteiger charge is 1.93. The van der Waals surface area contributed by atoms with Crippen LogP contribution in [-0.4, -0.2) is 16.2 Å². The number of urea groups is 1. The van der Waals surface area contributed by atoms with Crippen LogP contribution in [0, 0.1) is 0 Å². The summed E-state index contributed by atoms with van der Waals surface area (Å²) >= 11 is 0. The summed E-state index contributed by atoms with van der Waals surface area (Å²) in [6, 6.07) is 0.993. The number of hydrogen-bond acceptors (Lipinski definition) is 2. The van der Waals surface area contributed by atoms with Crippen LogP contribution in [0.1, 0.15) is 0 Å². The lowest BCUT2D eigenvalue weighted by molar-refractivity contribution is 0.259. The Bertz CT molecular complexity index is 200. The first-order valence-electron chi connectivity index (χ1n) is 2.35. The van der Waals surface area contributed by atoms with Crippen molar-refractivity contribution in [2.24, 2.45) is 5.73 Å². The molecular formula is C4H8Cl2N4O. The van der Waals surface area contributed by atoms with Gasteiger partial charge < -0.3 is 5.73 Å². The third kappa shape index (κ3) is 4.46. The molecule has 0 radical (unpaired) electrons. The van der Waals surface area contributed by atoms with Crippen molar-refractivity contribution in [1.82, 2.24) is 10.2 Å². The summed E-state index contributed by atoms with van der Waals surface area (Å²) in [6.45, 7) is 0. The Labute approximate surface area is 75.6 Å². The monoisotopic (exact) mass is 198 g/mol. The quantitative estimate of drug-likeness (QED) is 0.623. The number of rotatable bonds is 1. The number of carbonyl (C=O) groups is 1. The standard InChI is InChI=1S/C4H6N4O.2ClH/c5-4(9)7-3-1-2-6-8-3;;/h1-2H,(H4,5,6,7,8,9);2*1H. The number of amides is 2. The predicted molar refractivity (Wildman–Crippen MR) is 46.3 cm³/mol. The molecule has 64 valence electrons. The second kappa shape index (κ2) is 5.82. The van der Waals surface area contributed by atoms with Crippen LogP contribution in [0.25, 0.3) is 0 Å². The molecule has 0 fully saturated rings. The molecule has 5 nitrogen and oxygen atoms in total. The minimum atomic E-state index is -0.609. The summed E-state index contributed by atoms with van der Waals surface area (Å²) in [5.41, 5.74) is 4.78. The van der Waals surface area contributed by atoms with Crippen LogP contribution in [0.5, 0.6) is 0 Å². The van der Waals surface area contributed by atoms with Crippen molar-refractivity contribution in [3.05, 3.63) is 12.3 Å². The summed E-state index contributed by atoms with van der Waals surface area (Å²) in [5, 5.41) is 8.42. The van der Waals surface area contributed by atoms with Crippen LogP contribution in [0.4, 0.5) is 10.6 Å². The maximum absolute atomic E-state index is 10.1. The number of primary amides is 1. The van der Waals surface area contributed by atoms with E-state index in [2.05, 4.69) is 15.5 Å². The molecule has 7 heteroatoms. The average Bonchev–Trinajstić information content (AvgIpc) is 2.15. The van der Waals surface area contributed by atoms with Gasteiger partial charge in [-0.05, 0) is 0 Å². The molecule has 0 bridgehead atoms. The van der Waals surface area contributed by atoms with Gasteiger partial charge in [-0.3, -0.25) is 10.4 Å². The van der Waals surface area contributed by atoms with Crippen LogP contribution in [0.3, 0.4) is 0 Å². The maximum atomic E-state index is 10.1. The number of nitrogens with one attached hydrogen (secondary N) is 2. The summed E-state index contributed by atoms with van der Waals surface area (Å²) in [4.78, 5) is 10.1. The number of carbonyl (C=O) groups excluding carboxylic acids is 1. The number of hydrogen-bond donors (Lipinski definition) is 3. The number of halogens is 2. The number of anilines is 1. The van der Waals surface area contributed by atoms with Gasteiger partial charge in [0.2, 0.25) is 0 Å². The molecule has 4 N–H and O–H groups in total. The first-order valence-corrected chi connectivity index (χ1v) is 2.35. The van der Waals surface area contributed by atoms with Crippen LogP contribution < -0.4 is 11.1 Å². The minimum absolute atomic E-state index is 0. The van der Waals surface area contributed by atoms with E-state index < -0.39 is 6.03 Å². The largest absolute Gasteiger partial charge is 0.351 e. The molecule has 1 heterocycles. The van der Waals surface area contributed by atoms with E-state index >= 15 is 0 Å². The van der Waals surface area contributed by atoms with Gasteiger partial charge in [0.05, 0.1) is 0 Å². The molecule has 0 aliphatic rings. The number of nitrogens with two attached hydrogens (primary N) is 1. The van der Waals surface area contributed by atoms with E-state index in [1.165, 1.54) is 0 Å². The molecule has 2 amide bonds. The highest BCUT2D eigenvalue weighted by atomic mass is 35.5. The molecule has 0 saturated carbocycles. The second-order valence-electron chi connectivity index (χ2n) is 1.45. The highest BCUT2D eigenvalue weighted by Crippen LogP contribution is 1.95. The Morgan fingerprint density at radius 1 is 1.64 bits per heavy atom. The van der Waals surface area contributed by atoms with E-state index in [1.54, 1.807) is 12.3 Å². The zero-order chi connectivity index (χ0) is 6.69. The van der Waals surface area contributed by atoms with E-state index in [1.807, 2.05) is 0 Å². The lowest BCUT2D eigenvalue weighted by atomic mass is 10.6. The van der Waals surface area contributed by atoms with Crippen LogP contribution in [0.2, 0.25) is 0 Å². The van der Waals surface area contributed by atoms with Crippen molar-refractivity contribution >= 4 is 36.7 Å². The third-order valence-corrected chi connectivity index (χ3v) is 0.752. The molecule has 1 aromatic rings. The Morgan fingerprint density at radius 2 is 2.27 bits per heavy atom. The Morgan fingerprint density at radius 3 is 2.64 bits per heavy atom. The third-order valence-electron chi connectivity index (χ3n) is 0.752. The van der Waals surface area contributed by atoms with Gasteiger partial charge in [-0.2, -0.15) is 5.10 Å². The van der Waals surface area contributed by atoms with Gasteiger partial charge in [-0.15, -0.1) is 24.8 Å². The van der Waals surface area contributed by atoms with Crippen LogP contribution >= 0.6 is 24.8 Å². The smallest absolute Gasteiger partial charge is 0.317 e. The molecular weight excluding hydrogens is 191 g/mol. The SMILES string of the molecule is Cl.Cl.NC(=O)Nc1cc[nH]n1. The number of nitrogens with zero attached hydrogens (tertiary/aromatic N) is 1. The predicted octanol–water partition coefficient (Wildman–Crippen LogP) is 0.744. The lowest BCUT2D eigenvalue weighted by Crippen LogP contribution is -2.19. The Balaban J connectivity index is 0. The first-order chi connectivity index (χ1) is 4.29. The maximum Gasteiger partial charge on any atom is 0.317 e. The van der Waals surface area contributed by atoms with E-state index in [0.29, 0.717) is 5.82 Å². The fourth-order valence-electron chi connectivity index (χ4n) is 0.456. The normalized spacial score (nSPS) is 7.27. The molecule has 1 aromatic heterocycles. The minimum Gasteiger partial charge on any atom is -0.351 e. The van der Waals surface area contributed by atoms with Crippen molar-refractivity contribution in [3.63, 3.8) is 0 Å². The van der Waals surface area contributed by atoms with E-state index in [9.17, 15) is 4.79 Å². The van der Waals surface area contributed by atoms with E-state index in [4.69, 9.17) is 5.73 Å². The molecule has 0 atom stereocenters. The molecule has 11 heavy (non-hydrogen) atoms. The lowest BCUT2D eigenvalue weighted by Gasteiger charge is -1.90. The topological polar surface area (TPSA) is 83.8 Å². The van der Waals surface area contributed by atoms with E-state index in [0.717, 1.165) is 0 Å². The molecule has 0 saturated heterocycles. The van der Waals surface area contributed by atoms with Crippen molar-refractivity contribution in [2.75, 3.05) is 5.32 Å². The van der Waals surface area contributed by atoms with Gasteiger partial charge in [-0.25, -0.2) is 4.79 Å². The van der Waals surface area contributed by atoms with Crippen molar-refractivity contribution in [1.29, 1.82) is 0 Å². The zero-order valence-electron chi connectivity index (χ0n) is 5.40.